The fraction of sp³-hybridized carbons (Fsp3) is 0. The number of nitrogens with zero attached hydrogens (tertiary/aromatic N) is 2. The molecule has 11 rings (SSSR count). The second-order valence-corrected chi connectivity index (χ2v) is 14.5. The first-order valence-corrected chi connectivity index (χ1v) is 19.4. The summed E-state index contributed by atoms with van der Waals surface area (Å²) in [5.41, 5.74) is 15.7. The fourth-order valence-electron chi connectivity index (χ4n) is 8.47. The van der Waals surface area contributed by atoms with Gasteiger partial charge in [-0.2, -0.15) is 0 Å². The zero-order chi connectivity index (χ0) is 37.7. The van der Waals surface area contributed by atoms with Crippen molar-refractivity contribution >= 4 is 60.8 Å². The number of furan rings is 1. The maximum atomic E-state index is 6.36. The van der Waals surface area contributed by atoms with Crippen LogP contribution in [0.25, 0.3) is 82.8 Å². The van der Waals surface area contributed by atoms with Crippen molar-refractivity contribution in [3.63, 3.8) is 0 Å². The Morgan fingerprint density at radius 2 is 0.825 bits per heavy atom. The topological polar surface area (TPSA) is 21.3 Å². The maximum Gasteiger partial charge on any atom is 0.137 e. The Bertz CT molecular complexity index is 3200. The molecule has 57 heavy (non-hydrogen) atoms. The van der Waals surface area contributed by atoms with Gasteiger partial charge in [-0.3, -0.25) is 0 Å². The molecule has 0 amide bonds. The van der Waals surface area contributed by atoms with Crippen LogP contribution in [0, 0.1) is 0 Å². The van der Waals surface area contributed by atoms with E-state index in [2.05, 4.69) is 216 Å². The molecule has 0 bridgehead atoms. The first-order chi connectivity index (χ1) is 28.3. The van der Waals surface area contributed by atoms with Crippen molar-refractivity contribution < 1.29 is 4.42 Å². The second kappa shape index (κ2) is 13.6. The molecule has 3 heteroatoms. The molecule has 0 aliphatic carbocycles. The minimum atomic E-state index is 0.871. The summed E-state index contributed by atoms with van der Waals surface area (Å²) in [6.45, 7) is 0. The van der Waals surface area contributed by atoms with E-state index in [0.29, 0.717) is 0 Å². The molecule has 0 aliphatic rings. The number of rotatable bonds is 7. The van der Waals surface area contributed by atoms with Crippen LogP contribution in [-0.4, -0.2) is 4.57 Å². The molecule has 3 nitrogen and oxygen atoms in total. The summed E-state index contributed by atoms with van der Waals surface area (Å²) >= 11 is 0. The van der Waals surface area contributed by atoms with Crippen molar-refractivity contribution in [1.29, 1.82) is 0 Å². The van der Waals surface area contributed by atoms with Crippen LogP contribution < -0.4 is 4.90 Å². The predicted molar refractivity (Wildman–Crippen MR) is 239 cm³/mol. The van der Waals surface area contributed by atoms with Crippen molar-refractivity contribution in [3.05, 3.63) is 218 Å². The lowest BCUT2D eigenvalue weighted by Crippen LogP contribution is -2.10. The minimum Gasteiger partial charge on any atom is -0.456 e. The molecule has 2 heterocycles. The third-order valence-electron chi connectivity index (χ3n) is 11.2. The van der Waals surface area contributed by atoms with Crippen LogP contribution in [0.4, 0.5) is 17.1 Å². The number of hydrogen-bond donors (Lipinski definition) is 0. The van der Waals surface area contributed by atoms with Crippen LogP contribution in [0.2, 0.25) is 0 Å². The van der Waals surface area contributed by atoms with Crippen LogP contribution in [0.5, 0.6) is 0 Å². The molecular formula is C54H36N2O. The summed E-state index contributed by atoms with van der Waals surface area (Å²) < 4.78 is 8.74. The average molecular weight is 729 g/mol. The molecule has 0 saturated carbocycles. The zero-order valence-corrected chi connectivity index (χ0v) is 31.1. The van der Waals surface area contributed by atoms with Gasteiger partial charge in [0.25, 0.3) is 0 Å². The molecule has 0 saturated heterocycles. The SMILES string of the molecule is c1ccc(-c2ccc(N(c3ccc(-c4ccc5c(c4)c4ccccc4n5-c4ccc(-c5ccccc5)cc4)cc3)c3cccc4oc5ccccc5c34)cc2)cc1. The Labute approximate surface area is 330 Å². The van der Waals surface area contributed by atoms with Crippen molar-refractivity contribution in [3.8, 4) is 39.1 Å². The highest BCUT2D eigenvalue weighted by Gasteiger charge is 2.20. The van der Waals surface area contributed by atoms with Crippen molar-refractivity contribution in [1.82, 2.24) is 4.57 Å². The van der Waals surface area contributed by atoms with E-state index >= 15 is 0 Å². The van der Waals surface area contributed by atoms with Gasteiger partial charge in [-0.05, 0) is 106 Å². The molecule has 2 aromatic heterocycles. The van der Waals surface area contributed by atoms with Crippen molar-refractivity contribution in [2.75, 3.05) is 4.90 Å². The van der Waals surface area contributed by atoms with E-state index in [0.717, 1.165) is 50.3 Å². The summed E-state index contributed by atoms with van der Waals surface area (Å²) in [6, 6.07) is 78.1. The monoisotopic (exact) mass is 728 g/mol. The van der Waals surface area contributed by atoms with E-state index < -0.39 is 0 Å². The van der Waals surface area contributed by atoms with Gasteiger partial charge in [0.15, 0.2) is 0 Å². The standard InChI is InChI=1S/C54H36N2O/c1-3-12-37(13-4-1)39-22-29-43(30-23-39)55(51-19-11-21-53-54(51)47-17-8-10-20-52(47)57-53)44-31-26-41(27-32-44)42-28-35-50-48(36-42)46-16-7-9-18-49(46)56(50)45-33-24-40(25-34-45)38-14-5-2-6-15-38/h1-36H. The number of benzene rings is 9. The molecule has 0 spiro atoms. The predicted octanol–water partition coefficient (Wildman–Crippen LogP) is 15.2. The van der Waals surface area contributed by atoms with Gasteiger partial charge < -0.3 is 13.9 Å². The van der Waals surface area contributed by atoms with Crippen LogP contribution >= 0.6 is 0 Å². The minimum absolute atomic E-state index is 0.871. The largest absolute Gasteiger partial charge is 0.456 e. The zero-order valence-electron chi connectivity index (χ0n) is 31.1. The van der Waals surface area contributed by atoms with Crippen LogP contribution in [0.15, 0.2) is 223 Å². The lowest BCUT2D eigenvalue weighted by Gasteiger charge is -2.26. The Morgan fingerprint density at radius 3 is 1.49 bits per heavy atom. The molecule has 0 N–H and O–H groups in total. The average Bonchev–Trinajstić information content (AvgIpc) is 3.84. The molecular weight excluding hydrogens is 693 g/mol. The summed E-state index contributed by atoms with van der Waals surface area (Å²) in [5.74, 6) is 0. The van der Waals surface area contributed by atoms with E-state index in [9.17, 15) is 0 Å². The third kappa shape index (κ3) is 5.68. The number of para-hydroxylation sites is 2. The number of fused-ring (bicyclic) bond motifs is 6. The molecule has 9 aromatic carbocycles. The molecule has 268 valence electrons. The van der Waals surface area contributed by atoms with Crippen molar-refractivity contribution in [2.24, 2.45) is 0 Å². The lowest BCUT2D eigenvalue weighted by atomic mass is 10.0. The molecule has 0 radical (unpaired) electrons. The highest BCUT2D eigenvalue weighted by atomic mass is 16.3. The first kappa shape index (κ1) is 32.8. The fourth-order valence-corrected chi connectivity index (χ4v) is 8.47. The summed E-state index contributed by atoms with van der Waals surface area (Å²) in [4.78, 5) is 2.35. The number of anilines is 3. The number of aromatic nitrogens is 1. The molecule has 0 atom stereocenters. The molecule has 0 aliphatic heterocycles. The van der Waals surface area contributed by atoms with E-state index in [-0.39, 0.29) is 0 Å². The maximum absolute atomic E-state index is 6.36. The lowest BCUT2D eigenvalue weighted by molar-refractivity contribution is 0.669. The van der Waals surface area contributed by atoms with E-state index in [1.165, 1.54) is 49.6 Å². The van der Waals surface area contributed by atoms with Gasteiger partial charge in [0.05, 0.1) is 22.1 Å². The van der Waals surface area contributed by atoms with Gasteiger partial charge in [-0.1, -0.05) is 146 Å². The molecule has 11 aromatic rings. The second-order valence-electron chi connectivity index (χ2n) is 14.5. The molecule has 0 unspecified atom stereocenters. The van der Waals surface area contributed by atoms with Gasteiger partial charge in [0, 0.05) is 33.2 Å². The van der Waals surface area contributed by atoms with Gasteiger partial charge in [0.2, 0.25) is 0 Å². The number of hydrogen-bond acceptors (Lipinski definition) is 2. The Hall–Kier alpha value is -7.62. The van der Waals surface area contributed by atoms with Crippen LogP contribution in [0.3, 0.4) is 0 Å². The quantitative estimate of drug-likeness (QED) is 0.163. The summed E-state index contributed by atoms with van der Waals surface area (Å²) in [7, 11) is 0. The van der Waals surface area contributed by atoms with Gasteiger partial charge in [0.1, 0.15) is 11.2 Å². The normalized spacial score (nSPS) is 11.5. The smallest absolute Gasteiger partial charge is 0.137 e. The van der Waals surface area contributed by atoms with Gasteiger partial charge in [-0.15, -0.1) is 0 Å². The third-order valence-corrected chi connectivity index (χ3v) is 11.2. The Balaban J connectivity index is 1.00. The van der Waals surface area contributed by atoms with E-state index in [4.69, 9.17) is 4.42 Å². The van der Waals surface area contributed by atoms with Gasteiger partial charge in [-0.25, -0.2) is 0 Å². The highest BCUT2D eigenvalue weighted by Crippen LogP contribution is 2.44. The molecule has 0 fully saturated rings. The van der Waals surface area contributed by atoms with E-state index in [1.807, 2.05) is 12.1 Å². The summed E-state index contributed by atoms with van der Waals surface area (Å²) in [5, 5.41) is 4.67. The highest BCUT2D eigenvalue weighted by molar-refractivity contribution is 6.13. The Kier molecular flexibility index (Phi) is 7.82. The van der Waals surface area contributed by atoms with E-state index in [1.54, 1.807) is 0 Å². The Morgan fingerprint density at radius 1 is 0.333 bits per heavy atom. The summed E-state index contributed by atoms with van der Waals surface area (Å²) in [6.07, 6.45) is 0. The van der Waals surface area contributed by atoms with Crippen molar-refractivity contribution in [2.45, 2.75) is 0 Å². The van der Waals surface area contributed by atoms with Crippen LogP contribution in [-0.2, 0) is 0 Å². The van der Waals surface area contributed by atoms with Gasteiger partial charge >= 0.3 is 0 Å². The first-order valence-electron chi connectivity index (χ1n) is 19.4. The van der Waals surface area contributed by atoms with Crippen LogP contribution in [0.1, 0.15) is 0 Å².